The van der Waals surface area contributed by atoms with Crippen molar-refractivity contribution in [1.82, 2.24) is 0 Å². The van der Waals surface area contributed by atoms with E-state index < -0.39 is 0 Å². The normalized spacial score (nSPS) is 10.3. The van der Waals surface area contributed by atoms with Crippen LogP contribution in [0.4, 0.5) is 0 Å². The van der Waals surface area contributed by atoms with Crippen LogP contribution in [-0.2, 0) is 6.61 Å². The Balaban J connectivity index is 2.22. The van der Waals surface area contributed by atoms with Crippen molar-refractivity contribution in [1.29, 1.82) is 0 Å². The van der Waals surface area contributed by atoms with Crippen molar-refractivity contribution in [2.45, 2.75) is 13.5 Å². The second kappa shape index (κ2) is 5.51. The zero-order valence-electron chi connectivity index (χ0n) is 9.48. The summed E-state index contributed by atoms with van der Waals surface area (Å²) < 4.78 is 6.90. The van der Waals surface area contributed by atoms with Gasteiger partial charge in [0.2, 0.25) is 0 Å². The predicted octanol–water partition coefficient (Wildman–Crippen LogP) is 3.88. The minimum absolute atomic E-state index is 0.0648. The summed E-state index contributed by atoms with van der Waals surface area (Å²) >= 11 is 2.25. The van der Waals surface area contributed by atoms with Crippen molar-refractivity contribution in [2.24, 2.45) is 0 Å². The van der Waals surface area contributed by atoms with E-state index >= 15 is 0 Å². The van der Waals surface area contributed by atoms with Crippen molar-refractivity contribution in [3.63, 3.8) is 0 Å². The van der Waals surface area contributed by atoms with Gasteiger partial charge in [0.05, 0.1) is 6.61 Å². The highest BCUT2D eigenvalue weighted by Gasteiger charge is 2.01. The third kappa shape index (κ3) is 3.20. The molecule has 0 heterocycles. The third-order valence-electron chi connectivity index (χ3n) is 2.52. The molecule has 0 radical (unpaired) electrons. The molecule has 0 fully saturated rings. The van der Waals surface area contributed by atoms with Crippen LogP contribution in [0.2, 0.25) is 0 Å². The van der Waals surface area contributed by atoms with E-state index in [0.717, 1.165) is 26.2 Å². The predicted molar refractivity (Wildman–Crippen MR) is 76.3 cm³/mol. The average Bonchev–Trinajstić information content (AvgIpc) is 2.29. The Labute approximate surface area is 114 Å². The molecule has 88 valence electrons. The number of aryl methyl sites for hydroxylation is 1. The van der Waals surface area contributed by atoms with E-state index in [2.05, 4.69) is 22.6 Å². The molecule has 0 bridgehead atoms. The summed E-state index contributed by atoms with van der Waals surface area (Å²) in [4.78, 5) is 0. The fourth-order valence-electron chi connectivity index (χ4n) is 1.58. The first-order chi connectivity index (χ1) is 8.19. The SMILES string of the molecule is Cc1cc(Oc2cccc(I)c2)ccc1CO. The third-order valence-corrected chi connectivity index (χ3v) is 3.19. The van der Waals surface area contributed by atoms with Gasteiger partial charge >= 0.3 is 0 Å². The number of aliphatic hydroxyl groups is 1. The maximum absolute atomic E-state index is 9.09. The Morgan fingerprint density at radius 1 is 1.12 bits per heavy atom. The number of hydrogen-bond acceptors (Lipinski definition) is 2. The van der Waals surface area contributed by atoms with Gasteiger partial charge < -0.3 is 9.84 Å². The lowest BCUT2D eigenvalue weighted by molar-refractivity contribution is 0.281. The Morgan fingerprint density at radius 3 is 2.53 bits per heavy atom. The smallest absolute Gasteiger partial charge is 0.128 e. The first-order valence-electron chi connectivity index (χ1n) is 5.33. The highest BCUT2D eigenvalue weighted by atomic mass is 127. The van der Waals surface area contributed by atoms with Gasteiger partial charge in [-0.05, 0) is 71.0 Å². The van der Waals surface area contributed by atoms with Crippen LogP contribution in [-0.4, -0.2) is 5.11 Å². The van der Waals surface area contributed by atoms with Crippen LogP contribution in [0.15, 0.2) is 42.5 Å². The van der Waals surface area contributed by atoms with Gasteiger partial charge in [-0.1, -0.05) is 12.1 Å². The number of ether oxygens (including phenoxy) is 1. The molecule has 0 saturated carbocycles. The lowest BCUT2D eigenvalue weighted by Crippen LogP contribution is -1.90. The molecule has 17 heavy (non-hydrogen) atoms. The van der Waals surface area contributed by atoms with Gasteiger partial charge in [0.1, 0.15) is 11.5 Å². The second-order valence-electron chi connectivity index (χ2n) is 3.81. The standard InChI is InChI=1S/C14H13IO2/c1-10-7-14(6-5-11(10)9-16)17-13-4-2-3-12(15)8-13/h2-8,16H,9H2,1H3. The number of hydrogen-bond donors (Lipinski definition) is 1. The van der Waals surface area contributed by atoms with Gasteiger partial charge in [-0.15, -0.1) is 0 Å². The van der Waals surface area contributed by atoms with Gasteiger partial charge in [-0.2, -0.15) is 0 Å². The van der Waals surface area contributed by atoms with E-state index in [1.165, 1.54) is 0 Å². The summed E-state index contributed by atoms with van der Waals surface area (Å²) in [5, 5.41) is 9.09. The first-order valence-corrected chi connectivity index (χ1v) is 6.41. The minimum atomic E-state index is 0.0648. The van der Waals surface area contributed by atoms with E-state index in [-0.39, 0.29) is 6.61 Å². The Morgan fingerprint density at radius 2 is 1.88 bits per heavy atom. The molecule has 0 amide bonds. The van der Waals surface area contributed by atoms with Gasteiger partial charge in [-0.25, -0.2) is 0 Å². The Bertz CT molecular complexity index is 523. The molecule has 0 aliphatic heterocycles. The molecule has 0 aromatic heterocycles. The number of benzene rings is 2. The molecule has 0 atom stereocenters. The van der Waals surface area contributed by atoms with Crippen LogP contribution in [0.25, 0.3) is 0 Å². The summed E-state index contributed by atoms with van der Waals surface area (Å²) in [6.07, 6.45) is 0. The lowest BCUT2D eigenvalue weighted by Gasteiger charge is -2.08. The largest absolute Gasteiger partial charge is 0.457 e. The quantitative estimate of drug-likeness (QED) is 0.860. The lowest BCUT2D eigenvalue weighted by atomic mass is 10.1. The molecule has 0 saturated heterocycles. The second-order valence-corrected chi connectivity index (χ2v) is 5.05. The van der Waals surface area contributed by atoms with Crippen LogP contribution in [0.5, 0.6) is 11.5 Å². The van der Waals surface area contributed by atoms with Crippen molar-refractivity contribution >= 4 is 22.6 Å². The molecule has 0 spiro atoms. The van der Waals surface area contributed by atoms with Crippen LogP contribution in [0.1, 0.15) is 11.1 Å². The highest BCUT2D eigenvalue weighted by molar-refractivity contribution is 14.1. The van der Waals surface area contributed by atoms with Crippen LogP contribution < -0.4 is 4.74 Å². The van der Waals surface area contributed by atoms with E-state index in [9.17, 15) is 0 Å². The summed E-state index contributed by atoms with van der Waals surface area (Å²) in [5.41, 5.74) is 1.97. The van der Waals surface area contributed by atoms with Crippen LogP contribution in [0.3, 0.4) is 0 Å². The Kier molecular flexibility index (Phi) is 4.02. The van der Waals surface area contributed by atoms with Crippen molar-refractivity contribution in [2.75, 3.05) is 0 Å². The van der Waals surface area contributed by atoms with Gasteiger partial charge in [0.15, 0.2) is 0 Å². The summed E-state index contributed by atoms with van der Waals surface area (Å²) in [7, 11) is 0. The van der Waals surface area contributed by atoms with Crippen LogP contribution >= 0.6 is 22.6 Å². The molecular weight excluding hydrogens is 327 g/mol. The minimum Gasteiger partial charge on any atom is -0.457 e. The van der Waals surface area contributed by atoms with Gasteiger partial charge in [0, 0.05) is 3.57 Å². The summed E-state index contributed by atoms with van der Waals surface area (Å²) in [5.74, 6) is 1.62. The van der Waals surface area contributed by atoms with Gasteiger partial charge in [0.25, 0.3) is 0 Å². The molecule has 2 aromatic carbocycles. The van der Waals surface area contributed by atoms with Crippen LogP contribution in [0, 0.1) is 10.5 Å². The highest BCUT2D eigenvalue weighted by Crippen LogP contribution is 2.24. The molecule has 0 unspecified atom stereocenters. The maximum atomic E-state index is 9.09. The van der Waals surface area contributed by atoms with Crippen molar-refractivity contribution < 1.29 is 9.84 Å². The molecule has 1 N–H and O–H groups in total. The molecule has 0 aliphatic rings. The molecule has 2 nitrogen and oxygen atoms in total. The molecule has 3 heteroatoms. The maximum Gasteiger partial charge on any atom is 0.128 e. The number of aliphatic hydroxyl groups excluding tert-OH is 1. The van der Waals surface area contributed by atoms with Crippen molar-refractivity contribution in [3.8, 4) is 11.5 Å². The fraction of sp³-hybridized carbons (Fsp3) is 0.143. The number of halogens is 1. The van der Waals surface area contributed by atoms with Gasteiger partial charge in [-0.3, -0.25) is 0 Å². The summed E-state index contributed by atoms with van der Waals surface area (Å²) in [6.45, 7) is 2.03. The number of rotatable bonds is 3. The Hall–Kier alpha value is -1.07. The van der Waals surface area contributed by atoms with E-state index in [4.69, 9.17) is 9.84 Å². The van der Waals surface area contributed by atoms with Crippen molar-refractivity contribution in [3.05, 3.63) is 57.2 Å². The molecular formula is C14H13IO2. The van der Waals surface area contributed by atoms with E-state index in [1.54, 1.807) is 0 Å². The first kappa shape index (κ1) is 12.4. The molecule has 0 aliphatic carbocycles. The zero-order chi connectivity index (χ0) is 12.3. The van der Waals surface area contributed by atoms with E-state index in [1.807, 2.05) is 49.4 Å². The molecule has 2 rings (SSSR count). The molecule has 2 aromatic rings. The summed E-state index contributed by atoms with van der Waals surface area (Å²) in [6, 6.07) is 13.6. The monoisotopic (exact) mass is 340 g/mol. The topological polar surface area (TPSA) is 29.5 Å². The average molecular weight is 340 g/mol. The fourth-order valence-corrected chi connectivity index (χ4v) is 2.09. The zero-order valence-corrected chi connectivity index (χ0v) is 11.6. The van der Waals surface area contributed by atoms with E-state index in [0.29, 0.717) is 0 Å².